The topological polar surface area (TPSA) is 55.5 Å². The molecule has 2 rings (SSSR count). The molecule has 0 bridgehead atoms. The van der Waals surface area contributed by atoms with Gasteiger partial charge in [-0.05, 0) is 24.6 Å². The summed E-state index contributed by atoms with van der Waals surface area (Å²) in [6, 6.07) is 7.73. The molecule has 0 aliphatic heterocycles. The van der Waals surface area contributed by atoms with Gasteiger partial charge in [0, 0.05) is 6.42 Å². The maximum absolute atomic E-state index is 9.33. The number of hydrogen-bond donors (Lipinski definition) is 1. The standard InChI is InChI=1S/C13H15NO3/c1-9(15)12-8-14-13(17-12)7-10-4-3-5-11(6-10)16-2/h3-6,8-9,15H,7H2,1-2H3. The van der Waals surface area contributed by atoms with E-state index in [1.165, 1.54) is 0 Å². The molecule has 0 radical (unpaired) electrons. The largest absolute Gasteiger partial charge is 0.497 e. The predicted molar refractivity (Wildman–Crippen MR) is 62.9 cm³/mol. The number of methoxy groups -OCH3 is 1. The van der Waals surface area contributed by atoms with E-state index in [4.69, 9.17) is 9.15 Å². The summed E-state index contributed by atoms with van der Waals surface area (Å²) < 4.78 is 10.6. The molecule has 0 saturated carbocycles. The van der Waals surface area contributed by atoms with Gasteiger partial charge in [-0.3, -0.25) is 0 Å². The van der Waals surface area contributed by atoms with Crippen LogP contribution in [-0.4, -0.2) is 17.2 Å². The van der Waals surface area contributed by atoms with Crippen molar-refractivity contribution in [2.45, 2.75) is 19.4 Å². The van der Waals surface area contributed by atoms with Crippen molar-refractivity contribution < 1.29 is 14.3 Å². The molecule has 0 amide bonds. The molecule has 4 heteroatoms. The van der Waals surface area contributed by atoms with Crippen molar-refractivity contribution in [1.29, 1.82) is 0 Å². The first-order chi connectivity index (χ1) is 8.19. The fraction of sp³-hybridized carbons (Fsp3) is 0.308. The van der Waals surface area contributed by atoms with Crippen LogP contribution >= 0.6 is 0 Å². The fourth-order valence-electron chi connectivity index (χ4n) is 1.56. The second-order valence-electron chi connectivity index (χ2n) is 3.86. The van der Waals surface area contributed by atoms with Gasteiger partial charge in [-0.25, -0.2) is 4.98 Å². The number of aliphatic hydroxyl groups is 1. The van der Waals surface area contributed by atoms with Crippen LogP contribution in [0.2, 0.25) is 0 Å². The molecule has 17 heavy (non-hydrogen) atoms. The van der Waals surface area contributed by atoms with Gasteiger partial charge in [-0.2, -0.15) is 0 Å². The van der Waals surface area contributed by atoms with Crippen LogP contribution in [0.5, 0.6) is 5.75 Å². The third kappa shape index (κ3) is 2.85. The maximum atomic E-state index is 9.33. The molecule has 0 fully saturated rings. The second-order valence-corrected chi connectivity index (χ2v) is 3.86. The number of aliphatic hydroxyl groups excluding tert-OH is 1. The molecule has 0 aliphatic carbocycles. The second kappa shape index (κ2) is 5.01. The van der Waals surface area contributed by atoms with Gasteiger partial charge in [0.05, 0.1) is 13.3 Å². The molecule has 0 saturated heterocycles. The number of hydrogen-bond acceptors (Lipinski definition) is 4. The summed E-state index contributed by atoms with van der Waals surface area (Å²) in [4.78, 5) is 4.12. The van der Waals surface area contributed by atoms with Crippen LogP contribution in [0.4, 0.5) is 0 Å². The lowest BCUT2D eigenvalue weighted by atomic mass is 10.1. The van der Waals surface area contributed by atoms with Crippen LogP contribution < -0.4 is 4.74 Å². The first-order valence-electron chi connectivity index (χ1n) is 5.44. The molecule has 0 aliphatic rings. The normalized spacial score (nSPS) is 12.4. The number of rotatable bonds is 4. The van der Waals surface area contributed by atoms with Gasteiger partial charge in [0.2, 0.25) is 0 Å². The molecule has 1 aromatic heterocycles. The lowest BCUT2D eigenvalue weighted by Gasteiger charge is -2.02. The summed E-state index contributed by atoms with van der Waals surface area (Å²) in [7, 11) is 1.63. The average Bonchev–Trinajstić information content (AvgIpc) is 2.78. The molecule has 0 spiro atoms. The SMILES string of the molecule is COc1cccc(Cc2ncc(C(C)O)o2)c1. The summed E-state index contributed by atoms with van der Waals surface area (Å²) in [6.07, 6.45) is 1.52. The number of ether oxygens (including phenoxy) is 1. The monoisotopic (exact) mass is 233 g/mol. The van der Waals surface area contributed by atoms with Crippen molar-refractivity contribution in [1.82, 2.24) is 4.98 Å². The summed E-state index contributed by atoms with van der Waals surface area (Å²) in [5.41, 5.74) is 1.06. The van der Waals surface area contributed by atoms with E-state index in [0.717, 1.165) is 11.3 Å². The molecular weight excluding hydrogens is 218 g/mol. The summed E-state index contributed by atoms with van der Waals surface area (Å²) in [5, 5.41) is 9.33. The van der Waals surface area contributed by atoms with Crippen LogP contribution in [0.15, 0.2) is 34.9 Å². The Bertz CT molecular complexity index is 491. The van der Waals surface area contributed by atoms with E-state index in [1.54, 1.807) is 20.2 Å². The van der Waals surface area contributed by atoms with Gasteiger partial charge in [0.1, 0.15) is 11.9 Å². The third-order valence-electron chi connectivity index (χ3n) is 2.47. The lowest BCUT2D eigenvalue weighted by molar-refractivity contribution is 0.167. The molecule has 90 valence electrons. The molecule has 1 heterocycles. The molecule has 4 nitrogen and oxygen atoms in total. The Morgan fingerprint density at radius 1 is 1.47 bits per heavy atom. The maximum Gasteiger partial charge on any atom is 0.198 e. The highest BCUT2D eigenvalue weighted by molar-refractivity contribution is 5.29. The van der Waals surface area contributed by atoms with Crippen molar-refractivity contribution in [3.8, 4) is 5.75 Å². The summed E-state index contributed by atoms with van der Waals surface area (Å²) in [5.74, 6) is 1.89. The zero-order valence-corrected chi connectivity index (χ0v) is 9.88. The van der Waals surface area contributed by atoms with Crippen molar-refractivity contribution in [3.05, 3.63) is 47.7 Å². The van der Waals surface area contributed by atoms with E-state index in [2.05, 4.69) is 4.98 Å². The average molecular weight is 233 g/mol. The summed E-state index contributed by atoms with van der Waals surface area (Å²) in [6.45, 7) is 1.65. The Balaban J connectivity index is 2.13. The van der Waals surface area contributed by atoms with Crippen LogP contribution in [0.3, 0.4) is 0 Å². The number of benzene rings is 1. The van der Waals surface area contributed by atoms with Gasteiger partial charge in [0.25, 0.3) is 0 Å². The molecular formula is C13H15NO3. The molecule has 1 unspecified atom stereocenters. The van der Waals surface area contributed by atoms with Gasteiger partial charge in [-0.1, -0.05) is 12.1 Å². The zero-order valence-electron chi connectivity index (χ0n) is 9.88. The van der Waals surface area contributed by atoms with Gasteiger partial charge < -0.3 is 14.3 Å². The zero-order chi connectivity index (χ0) is 12.3. The quantitative estimate of drug-likeness (QED) is 0.880. The predicted octanol–water partition coefficient (Wildman–Crippen LogP) is 2.33. The first kappa shape index (κ1) is 11.7. The van der Waals surface area contributed by atoms with E-state index in [9.17, 15) is 5.11 Å². The van der Waals surface area contributed by atoms with E-state index < -0.39 is 6.10 Å². The van der Waals surface area contributed by atoms with Crippen LogP contribution in [0.25, 0.3) is 0 Å². The smallest absolute Gasteiger partial charge is 0.198 e. The third-order valence-corrected chi connectivity index (χ3v) is 2.47. The van der Waals surface area contributed by atoms with Crippen LogP contribution in [0, 0.1) is 0 Å². The Kier molecular flexibility index (Phi) is 3.44. The van der Waals surface area contributed by atoms with Crippen molar-refractivity contribution in [2.24, 2.45) is 0 Å². The van der Waals surface area contributed by atoms with Crippen molar-refractivity contribution in [2.75, 3.05) is 7.11 Å². The molecule has 1 aromatic carbocycles. The Hall–Kier alpha value is -1.81. The van der Waals surface area contributed by atoms with Gasteiger partial charge >= 0.3 is 0 Å². The van der Waals surface area contributed by atoms with Crippen LogP contribution in [0.1, 0.15) is 30.2 Å². The first-order valence-corrected chi connectivity index (χ1v) is 5.44. The summed E-state index contributed by atoms with van der Waals surface area (Å²) >= 11 is 0. The molecule has 1 N–H and O–H groups in total. The van der Waals surface area contributed by atoms with E-state index in [-0.39, 0.29) is 0 Å². The van der Waals surface area contributed by atoms with E-state index in [1.807, 2.05) is 24.3 Å². The number of oxazole rings is 1. The number of nitrogens with zero attached hydrogens (tertiary/aromatic N) is 1. The molecule has 2 aromatic rings. The highest BCUT2D eigenvalue weighted by Gasteiger charge is 2.09. The van der Waals surface area contributed by atoms with Gasteiger partial charge in [-0.15, -0.1) is 0 Å². The minimum atomic E-state index is -0.624. The highest BCUT2D eigenvalue weighted by Crippen LogP contribution is 2.18. The Labute approximate surface area is 99.9 Å². The Morgan fingerprint density at radius 2 is 2.29 bits per heavy atom. The minimum absolute atomic E-state index is 0.489. The van der Waals surface area contributed by atoms with Crippen LogP contribution in [-0.2, 0) is 6.42 Å². The lowest BCUT2D eigenvalue weighted by Crippen LogP contribution is -1.90. The fourth-order valence-corrected chi connectivity index (χ4v) is 1.56. The highest BCUT2D eigenvalue weighted by atomic mass is 16.5. The molecule has 1 atom stereocenters. The number of aromatic nitrogens is 1. The van der Waals surface area contributed by atoms with Gasteiger partial charge in [0.15, 0.2) is 11.7 Å². The Morgan fingerprint density at radius 3 is 2.94 bits per heavy atom. The van der Waals surface area contributed by atoms with Crippen molar-refractivity contribution >= 4 is 0 Å². The van der Waals surface area contributed by atoms with E-state index >= 15 is 0 Å². The van der Waals surface area contributed by atoms with Crippen molar-refractivity contribution in [3.63, 3.8) is 0 Å². The van der Waals surface area contributed by atoms with E-state index in [0.29, 0.717) is 18.1 Å². The minimum Gasteiger partial charge on any atom is -0.497 e.